The molecule has 8 heteroatoms. The first-order valence-corrected chi connectivity index (χ1v) is 11.5. The summed E-state index contributed by atoms with van der Waals surface area (Å²) in [5.74, 6) is -1.76. The number of imide groups is 1. The lowest BCUT2D eigenvalue weighted by Gasteiger charge is -2.43. The number of hydrogen-bond acceptors (Lipinski definition) is 6. The number of esters is 1. The topological polar surface area (TPSA) is 66.9 Å². The molecule has 0 aromatic heterocycles. The molecule has 2 heterocycles. The first-order valence-electron chi connectivity index (χ1n) is 10.7. The summed E-state index contributed by atoms with van der Waals surface area (Å²) in [4.78, 5) is 39.9. The van der Waals surface area contributed by atoms with Gasteiger partial charge in [0, 0.05) is 23.4 Å². The van der Waals surface area contributed by atoms with Crippen LogP contribution >= 0.6 is 11.8 Å². The molecule has 1 aromatic carbocycles. The largest absolute Gasteiger partial charge is 0.462 e. The van der Waals surface area contributed by atoms with Crippen LogP contribution in [0.3, 0.4) is 0 Å². The second-order valence-corrected chi connectivity index (χ2v) is 9.82. The van der Waals surface area contributed by atoms with Crippen LogP contribution in [-0.2, 0) is 14.3 Å². The van der Waals surface area contributed by atoms with Crippen molar-refractivity contribution in [3.05, 3.63) is 40.1 Å². The molecule has 0 aliphatic carbocycles. The predicted octanol–water partition coefficient (Wildman–Crippen LogP) is 5.23. The van der Waals surface area contributed by atoms with E-state index in [2.05, 4.69) is 31.7 Å². The number of halogens is 1. The van der Waals surface area contributed by atoms with E-state index in [0.717, 1.165) is 34.7 Å². The van der Waals surface area contributed by atoms with E-state index in [1.165, 1.54) is 12.1 Å². The van der Waals surface area contributed by atoms with E-state index >= 15 is 4.39 Å². The summed E-state index contributed by atoms with van der Waals surface area (Å²) in [7, 11) is 0. The van der Waals surface area contributed by atoms with Crippen LogP contribution in [0.4, 0.5) is 14.9 Å². The molecular formula is C24H29FN2O4S. The van der Waals surface area contributed by atoms with Crippen LogP contribution in [0.5, 0.6) is 0 Å². The molecule has 2 aliphatic heterocycles. The van der Waals surface area contributed by atoms with Crippen LogP contribution in [0.2, 0.25) is 0 Å². The maximum absolute atomic E-state index is 15.1. The third-order valence-corrected chi connectivity index (χ3v) is 6.27. The average Bonchev–Trinajstić information content (AvgIpc) is 2.92. The minimum Gasteiger partial charge on any atom is -0.462 e. The molecule has 172 valence electrons. The molecule has 0 unspecified atom stereocenters. The summed E-state index contributed by atoms with van der Waals surface area (Å²) in [5, 5.41) is -0.577. The van der Waals surface area contributed by atoms with Gasteiger partial charge in [0.05, 0.1) is 16.5 Å². The molecule has 0 bridgehead atoms. The van der Waals surface area contributed by atoms with E-state index in [0.29, 0.717) is 11.8 Å². The number of thioether (sulfide) groups is 1. The molecular weight excluding hydrogens is 431 g/mol. The van der Waals surface area contributed by atoms with E-state index in [9.17, 15) is 14.4 Å². The van der Waals surface area contributed by atoms with Gasteiger partial charge in [-0.15, -0.1) is 0 Å². The second-order valence-electron chi connectivity index (χ2n) is 8.83. The Morgan fingerprint density at radius 3 is 2.59 bits per heavy atom. The van der Waals surface area contributed by atoms with Gasteiger partial charge in [-0.1, -0.05) is 13.0 Å². The van der Waals surface area contributed by atoms with Gasteiger partial charge in [-0.3, -0.25) is 19.3 Å². The summed E-state index contributed by atoms with van der Waals surface area (Å²) < 4.78 is 20.1. The Morgan fingerprint density at radius 1 is 1.28 bits per heavy atom. The Kier molecular flexibility index (Phi) is 6.83. The Hall–Kier alpha value is -2.61. The average molecular weight is 461 g/mol. The highest BCUT2D eigenvalue weighted by molar-refractivity contribution is 8.18. The van der Waals surface area contributed by atoms with Crippen LogP contribution in [-0.4, -0.2) is 46.7 Å². The molecule has 0 saturated carbocycles. The van der Waals surface area contributed by atoms with Crippen molar-refractivity contribution in [2.45, 2.75) is 59.6 Å². The van der Waals surface area contributed by atoms with E-state index in [4.69, 9.17) is 4.74 Å². The number of amides is 2. The normalized spacial score (nSPS) is 19.0. The monoisotopic (exact) mass is 460 g/mol. The van der Waals surface area contributed by atoms with E-state index < -0.39 is 29.5 Å². The fourth-order valence-electron chi connectivity index (χ4n) is 4.06. The number of nitrogens with zero attached hydrogens (tertiary/aromatic N) is 2. The van der Waals surface area contributed by atoms with E-state index in [1.807, 2.05) is 6.92 Å². The van der Waals surface area contributed by atoms with Crippen molar-refractivity contribution in [2.75, 3.05) is 18.0 Å². The van der Waals surface area contributed by atoms with E-state index in [-0.39, 0.29) is 22.1 Å². The zero-order valence-corrected chi connectivity index (χ0v) is 20.1. The number of allylic oxidation sites excluding steroid dienone is 1. The number of anilines is 1. The summed E-state index contributed by atoms with van der Waals surface area (Å²) >= 11 is 0.692. The van der Waals surface area contributed by atoms with Crippen molar-refractivity contribution in [2.24, 2.45) is 0 Å². The van der Waals surface area contributed by atoms with Crippen LogP contribution in [0, 0.1) is 5.82 Å². The highest BCUT2D eigenvalue weighted by Crippen LogP contribution is 2.41. The van der Waals surface area contributed by atoms with Gasteiger partial charge in [0.1, 0.15) is 12.4 Å². The smallest absolute Gasteiger partial charge is 0.326 e. The van der Waals surface area contributed by atoms with Crippen molar-refractivity contribution in [3.63, 3.8) is 0 Å². The lowest BCUT2D eigenvalue weighted by Crippen LogP contribution is -2.45. The molecule has 2 aliphatic rings. The number of carbonyl (C=O) groups excluding carboxylic acids is 3. The number of fused-ring (bicyclic) bond motifs is 1. The second kappa shape index (κ2) is 9.10. The molecule has 6 nitrogen and oxygen atoms in total. The number of rotatable bonds is 6. The SMILES string of the molecule is CCCN1c2cc(F)c(/C=C3\SC(=O)N(CC(=O)OC(C)C)C3=O)cc2C(C)=CC1(C)C. The summed E-state index contributed by atoms with van der Waals surface area (Å²) in [6, 6.07) is 3.22. The molecule has 0 N–H and O–H groups in total. The Morgan fingerprint density at radius 2 is 1.97 bits per heavy atom. The van der Waals surface area contributed by atoms with Crippen molar-refractivity contribution in [3.8, 4) is 0 Å². The molecule has 1 aromatic rings. The van der Waals surface area contributed by atoms with Crippen LogP contribution in [0.15, 0.2) is 23.1 Å². The number of carbonyl (C=O) groups is 3. The van der Waals surface area contributed by atoms with Gasteiger partial charge in [0.2, 0.25) is 0 Å². The van der Waals surface area contributed by atoms with Crippen molar-refractivity contribution >= 4 is 46.2 Å². The Bertz CT molecular complexity index is 1030. The maximum atomic E-state index is 15.1. The zero-order chi connectivity index (χ0) is 23.8. The van der Waals surface area contributed by atoms with Crippen LogP contribution in [0.1, 0.15) is 59.1 Å². The first kappa shape index (κ1) is 24.0. The van der Waals surface area contributed by atoms with Crippen molar-refractivity contribution in [1.82, 2.24) is 4.90 Å². The van der Waals surface area contributed by atoms with Crippen molar-refractivity contribution < 1.29 is 23.5 Å². The van der Waals surface area contributed by atoms with Crippen LogP contribution < -0.4 is 4.90 Å². The quantitative estimate of drug-likeness (QED) is 0.428. The number of ether oxygens (including phenoxy) is 1. The molecule has 1 saturated heterocycles. The number of benzene rings is 1. The van der Waals surface area contributed by atoms with Crippen LogP contribution in [0.25, 0.3) is 11.6 Å². The lowest BCUT2D eigenvalue weighted by atomic mass is 9.87. The van der Waals surface area contributed by atoms with Gasteiger partial charge in [0.15, 0.2) is 0 Å². The van der Waals surface area contributed by atoms with Gasteiger partial charge < -0.3 is 9.64 Å². The van der Waals surface area contributed by atoms with E-state index in [1.54, 1.807) is 19.9 Å². The fourth-order valence-corrected chi connectivity index (χ4v) is 4.89. The number of hydrogen-bond donors (Lipinski definition) is 0. The van der Waals surface area contributed by atoms with Gasteiger partial charge in [-0.25, -0.2) is 4.39 Å². The van der Waals surface area contributed by atoms with Gasteiger partial charge >= 0.3 is 5.97 Å². The first-order chi connectivity index (χ1) is 14.9. The summed E-state index contributed by atoms with van der Waals surface area (Å²) in [6.45, 7) is 12.0. The molecule has 1 fully saturated rings. The fraction of sp³-hybridized carbons (Fsp3) is 0.458. The van der Waals surface area contributed by atoms with Crippen molar-refractivity contribution in [1.29, 1.82) is 0 Å². The predicted molar refractivity (Wildman–Crippen MR) is 126 cm³/mol. The standard InChI is InChI=1S/C24H29FN2O4S/c1-7-8-27-19-11-18(25)16(9-17(19)15(4)12-24(27,5)6)10-20-22(29)26(23(30)32-20)13-21(28)31-14(2)3/h9-12,14H,7-8,13H2,1-6H3/b20-10-. The molecule has 32 heavy (non-hydrogen) atoms. The van der Waals surface area contributed by atoms with Gasteiger partial charge in [-0.05, 0) is 76.6 Å². The summed E-state index contributed by atoms with van der Waals surface area (Å²) in [6.07, 6.45) is 4.11. The molecule has 0 radical (unpaired) electrons. The Balaban J connectivity index is 1.93. The summed E-state index contributed by atoms with van der Waals surface area (Å²) in [5.41, 5.74) is 2.72. The molecule has 2 amide bonds. The minimum atomic E-state index is -0.664. The maximum Gasteiger partial charge on any atom is 0.326 e. The third-order valence-electron chi connectivity index (χ3n) is 5.36. The molecule has 0 atom stereocenters. The molecule has 3 rings (SSSR count). The lowest BCUT2D eigenvalue weighted by molar-refractivity contribution is -0.149. The highest BCUT2D eigenvalue weighted by atomic mass is 32.2. The highest BCUT2D eigenvalue weighted by Gasteiger charge is 2.37. The third kappa shape index (κ3) is 4.75. The van der Waals surface area contributed by atoms with Gasteiger partial charge in [0.25, 0.3) is 11.1 Å². The minimum absolute atomic E-state index is 0.0781. The Labute approximate surface area is 192 Å². The van der Waals surface area contributed by atoms with Gasteiger partial charge in [-0.2, -0.15) is 0 Å². The zero-order valence-electron chi connectivity index (χ0n) is 19.3. The molecule has 0 spiro atoms.